The van der Waals surface area contributed by atoms with Crippen LogP contribution < -0.4 is 11.3 Å². The standard InChI is InChI=1S/C11H12N2OS/c12-6-5-8-1-3-9(4-2-8)10-7-11(14)13-15-10/h1-4,7H,5-6,12H2,(H,13,14). The fourth-order valence-corrected chi connectivity index (χ4v) is 2.12. The van der Waals surface area contributed by atoms with Crippen LogP contribution in [0.15, 0.2) is 35.1 Å². The van der Waals surface area contributed by atoms with E-state index in [2.05, 4.69) is 4.37 Å². The first-order valence-electron chi connectivity index (χ1n) is 4.77. The van der Waals surface area contributed by atoms with Crippen molar-refractivity contribution in [1.29, 1.82) is 0 Å². The second-order valence-electron chi connectivity index (χ2n) is 3.31. The lowest BCUT2D eigenvalue weighted by atomic mass is 10.1. The fourth-order valence-electron chi connectivity index (χ4n) is 1.43. The second kappa shape index (κ2) is 4.42. The number of hydrogen-bond donors (Lipinski definition) is 2. The SMILES string of the molecule is NCCc1ccc(-c2cc(=O)[nH]s2)cc1. The van der Waals surface area contributed by atoms with E-state index in [0.717, 1.165) is 16.9 Å². The van der Waals surface area contributed by atoms with Gasteiger partial charge in [-0.05, 0) is 24.1 Å². The molecule has 78 valence electrons. The van der Waals surface area contributed by atoms with Gasteiger partial charge in [-0.3, -0.25) is 9.17 Å². The summed E-state index contributed by atoms with van der Waals surface area (Å²) >= 11 is 1.36. The summed E-state index contributed by atoms with van der Waals surface area (Å²) in [5, 5.41) is 0. The molecule has 0 aliphatic rings. The van der Waals surface area contributed by atoms with Crippen LogP contribution in [0.5, 0.6) is 0 Å². The zero-order chi connectivity index (χ0) is 10.7. The van der Waals surface area contributed by atoms with E-state index in [0.29, 0.717) is 6.54 Å². The molecule has 2 rings (SSSR count). The van der Waals surface area contributed by atoms with Gasteiger partial charge in [0.25, 0.3) is 5.56 Å². The molecule has 1 aromatic carbocycles. The van der Waals surface area contributed by atoms with Crippen molar-refractivity contribution in [3.63, 3.8) is 0 Å². The van der Waals surface area contributed by atoms with Crippen molar-refractivity contribution in [3.8, 4) is 10.4 Å². The van der Waals surface area contributed by atoms with E-state index in [1.807, 2.05) is 24.3 Å². The Morgan fingerprint density at radius 2 is 2.00 bits per heavy atom. The first-order valence-corrected chi connectivity index (χ1v) is 5.59. The molecular weight excluding hydrogens is 208 g/mol. The smallest absolute Gasteiger partial charge is 0.258 e. The summed E-state index contributed by atoms with van der Waals surface area (Å²) < 4.78 is 2.67. The van der Waals surface area contributed by atoms with Gasteiger partial charge in [0.05, 0.1) is 4.88 Å². The minimum Gasteiger partial charge on any atom is -0.330 e. The predicted molar refractivity (Wildman–Crippen MR) is 63.1 cm³/mol. The van der Waals surface area contributed by atoms with Gasteiger partial charge in [0.15, 0.2) is 0 Å². The van der Waals surface area contributed by atoms with Gasteiger partial charge in [-0.2, -0.15) is 0 Å². The number of hydrogen-bond acceptors (Lipinski definition) is 3. The highest BCUT2D eigenvalue weighted by atomic mass is 32.1. The first kappa shape index (κ1) is 10.1. The van der Waals surface area contributed by atoms with Crippen molar-refractivity contribution in [2.45, 2.75) is 6.42 Å². The minimum absolute atomic E-state index is 0.0407. The summed E-state index contributed by atoms with van der Waals surface area (Å²) in [6, 6.07) is 9.75. The molecule has 0 bridgehead atoms. The Bertz CT molecular complexity index is 484. The molecule has 0 spiro atoms. The van der Waals surface area contributed by atoms with Gasteiger partial charge in [-0.25, -0.2) is 0 Å². The average Bonchev–Trinajstić information content (AvgIpc) is 2.67. The van der Waals surface area contributed by atoms with Gasteiger partial charge < -0.3 is 5.73 Å². The lowest BCUT2D eigenvalue weighted by Crippen LogP contribution is -2.02. The van der Waals surface area contributed by atoms with Crippen LogP contribution in [0.1, 0.15) is 5.56 Å². The topological polar surface area (TPSA) is 58.9 Å². The van der Waals surface area contributed by atoms with Crippen LogP contribution in [-0.2, 0) is 6.42 Å². The molecule has 0 saturated heterocycles. The number of aromatic amines is 1. The molecule has 0 amide bonds. The van der Waals surface area contributed by atoms with Crippen molar-refractivity contribution >= 4 is 11.5 Å². The number of benzene rings is 1. The summed E-state index contributed by atoms with van der Waals surface area (Å²) in [6.45, 7) is 0.664. The largest absolute Gasteiger partial charge is 0.330 e. The van der Waals surface area contributed by atoms with Gasteiger partial charge in [0, 0.05) is 6.07 Å². The molecule has 3 N–H and O–H groups in total. The van der Waals surface area contributed by atoms with Crippen LogP contribution in [0.25, 0.3) is 10.4 Å². The Kier molecular flexibility index (Phi) is 2.99. The molecule has 1 heterocycles. The van der Waals surface area contributed by atoms with Crippen molar-refractivity contribution in [2.75, 3.05) is 6.54 Å². The molecule has 0 atom stereocenters. The van der Waals surface area contributed by atoms with Crippen molar-refractivity contribution in [3.05, 3.63) is 46.2 Å². The normalized spacial score (nSPS) is 10.5. The third-order valence-corrected chi connectivity index (χ3v) is 3.07. The van der Waals surface area contributed by atoms with Gasteiger partial charge in [-0.1, -0.05) is 35.8 Å². The molecule has 0 aliphatic heterocycles. The Hall–Kier alpha value is -1.39. The summed E-state index contributed by atoms with van der Waals surface area (Å²) in [5.41, 5.74) is 7.72. The third kappa shape index (κ3) is 2.34. The molecule has 0 radical (unpaired) electrons. The van der Waals surface area contributed by atoms with Crippen LogP contribution in [0.3, 0.4) is 0 Å². The quantitative estimate of drug-likeness (QED) is 0.825. The van der Waals surface area contributed by atoms with Gasteiger partial charge in [-0.15, -0.1) is 0 Å². The highest BCUT2D eigenvalue weighted by Crippen LogP contribution is 2.21. The lowest BCUT2D eigenvalue weighted by molar-refractivity contribution is 0.969. The average molecular weight is 220 g/mol. The van der Waals surface area contributed by atoms with E-state index in [9.17, 15) is 4.79 Å². The van der Waals surface area contributed by atoms with Crippen molar-refractivity contribution in [2.24, 2.45) is 5.73 Å². The second-order valence-corrected chi connectivity index (χ2v) is 4.16. The maximum Gasteiger partial charge on any atom is 0.258 e. The number of rotatable bonds is 3. The summed E-state index contributed by atoms with van der Waals surface area (Å²) in [6.07, 6.45) is 0.893. The fraction of sp³-hybridized carbons (Fsp3) is 0.182. The van der Waals surface area contributed by atoms with Crippen LogP contribution in [0, 0.1) is 0 Å². The van der Waals surface area contributed by atoms with Gasteiger partial charge >= 0.3 is 0 Å². The molecule has 0 aliphatic carbocycles. The van der Waals surface area contributed by atoms with Crippen LogP contribution in [0.2, 0.25) is 0 Å². The molecule has 15 heavy (non-hydrogen) atoms. The van der Waals surface area contributed by atoms with Crippen LogP contribution >= 0.6 is 11.5 Å². The molecule has 0 unspecified atom stereocenters. The van der Waals surface area contributed by atoms with E-state index in [1.165, 1.54) is 17.1 Å². The number of nitrogens with one attached hydrogen (secondary N) is 1. The van der Waals surface area contributed by atoms with Crippen LogP contribution in [0.4, 0.5) is 0 Å². The van der Waals surface area contributed by atoms with E-state index >= 15 is 0 Å². The zero-order valence-electron chi connectivity index (χ0n) is 8.19. The summed E-state index contributed by atoms with van der Waals surface area (Å²) in [4.78, 5) is 11.9. The van der Waals surface area contributed by atoms with Crippen molar-refractivity contribution < 1.29 is 0 Å². The van der Waals surface area contributed by atoms with Crippen LogP contribution in [-0.4, -0.2) is 10.9 Å². The zero-order valence-corrected chi connectivity index (χ0v) is 9.01. The minimum atomic E-state index is -0.0407. The number of aromatic nitrogens is 1. The predicted octanol–water partition coefficient (Wildman–Crippen LogP) is 1.60. The first-order chi connectivity index (χ1) is 7.29. The van der Waals surface area contributed by atoms with E-state index in [1.54, 1.807) is 6.07 Å². The van der Waals surface area contributed by atoms with E-state index in [-0.39, 0.29) is 5.56 Å². The molecule has 1 aromatic heterocycles. The Morgan fingerprint density at radius 3 is 2.53 bits per heavy atom. The Balaban J connectivity index is 2.27. The van der Waals surface area contributed by atoms with Gasteiger partial charge in [0.1, 0.15) is 0 Å². The molecular formula is C11H12N2OS. The third-order valence-electron chi connectivity index (χ3n) is 2.20. The van der Waals surface area contributed by atoms with E-state index < -0.39 is 0 Å². The molecule has 2 aromatic rings. The van der Waals surface area contributed by atoms with Gasteiger partial charge in [0.2, 0.25) is 0 Å². The highest BCUT2D eigenvalue weighted by Gasteiger charge is 2.00. The molecule has 0 saturated carbocycles. The Labute approximate surface area is 91.7 Å². The monoisotopic (exact) mass is 220 g/mol. The number of nitrogens with two attached hydrogens (primary N) is 1. The Morgan fingerprint density at radius 1 is 1.27 bits per heavy atom. The molecule has 0 fully saturated rings. The summed E-state index contributed by atoms with van der Waals surface area (Å²) in [7, 11) is 0. The maximum absolute atomic E-state index is 11.0. The molecule has 4 heteroatoms. The lowest BCUT2D eigenvalue weighted by Gasteiger charge is -2.00. The highest BCUT2D eigenvalue weighted by molar-refractivity contribution is 7.09. The molecule has 3 nitrogen and oxygen atoms in total. The van der Waals surface area contributed by atoms with E-state index in [4.69, 9.17) is 5.73 Å². The number of H-pyrrole nitrogens is 1. The summed E-state index contributed by atoms with van der Waals surface area (Å²) in [5.74, 6) is 0. The van der Waals surface area contributed by atoms with Crippen molar-refractivity contribution in [1.82, 2.24) is 4.37 Å². The maximum atomic E-state index is 11.0.